The number of fused-ring (bicyclic) bond motifs is 3. The molecule has 0 spiro atoms. The number of nitrogens with zero attached hydrogens (tertiary/aromatic N) is 8. The summed E-state index contributed by atoms with van der Waals surface area (Å²) in [5, 5.41) is 16.1. The van der Waals surface area contributed by atoms with Gasteiger partial charge in [0.05, 0.1) is 22.3 Å². The Morgan fingerprint density at radius 3 is 2.50 bits per heavy atom. The zero-order valence-corrected chi connectivity index (χ0v) is 17.1. The summed E-state index contributed by atoms with van der Waals surface area (Å²) in [6.07, 6.45) is -3.17. The van der Waals surface area contributed by atoms with Crippen LogP contribution in [0.5, 0.6) is 0 Å². The Labute approximate surface area is 182 Å². The molecule has 4 heterocycles. The highest BCUT2D eigenvalue weighted by Crippen LogP contribution is 2.41. The first-order valence-electron chi connectivity index (χ1n) is 9.42. The Kier molecular flexibility index (Phi) is 4.69. The minimum Gasteiger partial charge on any atom is -0.300 e. The lowest BCUT2D eigenvalue weighted by atomic mass is 10.1. The van der Waals surface area contributed by atoms with Gasteiger partial charge >= 0.3 is 6.18 Å². The van der Waals surface area contributed by atoms with Crippen LogP contribution in [0.15, 0.2) is 30.5 Å². The highest BCUT2D eigenvalue weighted by Gasteiger charge is 2.36. The van der Waals surface area contributed by atoms with Gasteiger partial charge in [-0.2, -0.15) is 13.2 Å². The van der Waals surface area contributed by atoms with Gasteiger partial charge in [0.15, 0.2) is 11.6 Å². The molecule has 3 aromatic heterocycles. The van der Waals surface area contributed by atoms with Crippen LogP contribution in [0.4, 0.5) is 17.6 Å². The minimum absolute atomic E-state index is 0.110. The topological polar surface area (TPSA) is 87.2 Å². The molecular formula is C19H13ClF4N8. The van der Waals surface area contributed by atoms with Gasteiger partial charge < -0.3 is 0 Å². The molecule has 0 bridgehead atoms. The number of halogens is 5. The van der Waals surface area contributed by atoms with Crippen LogP contribution in [0.25, 0.3) is 34.7 Å². The summed E-state index contributed by atoms with van der Waals surface area (Å²) < 4.78 is 56.4. The van der Waals surface area contributed by atoms with E-state index in [-0.39, 0.29) is 28.9 Å². The molecule has 0 saturated heterocycles. The molecule has 4 aromatic rings. The first-order valence-corrected chi connectivity index (χ1v) is 9.80. The quantitative estimate of drug-likeness (QED) is 0.418. The van der Waals surface area contributed by atoms with Crippen molar-refractivity contribution in [2.75, 3.05) is 0 Å². The van der Waals surface area contributed by atoms with Crippen molar-refractivity contribution >= 4 is 11.6 Å². The standard InChI is InChI=1S/C19H13ClF4N8/c1-9-8-31-16(14-25-6-5-10(7-21)26-14)28-29-17(31)18-30-27-15(32(9)18)11-3-2-4-12(13(11)20)19(22,23)24/h2-6,9H,7-8H2,1H3/t9-/m0/s1. The molecule has 8 nitrogen and oxygen atoms in total. The van der Waals surface area contributed by atoms with Gasteiger partial charge in [0.2, 0.25) is 17.5 Å². The SMILES string of the molecule is C[C@H]1Cn2c(-c3nccc(CF)n3)nnc2-c2nnc(-c3cccc(C(F)(F)F)c3Cl)n21. The van der Waals surface area contributed by atoms with Crippen molar-refractivity contribution < 1.29 is 17.6 Å². The lowest BCUT2D eigenvalue weighted by Gasteiger charge is -2.25. The molecule has 0 fully saturated rings. The summed E-state index contributed by atoms with van der Waals surface area (Å²) in [6.45, 7) is 1.45. The van der Waals surface area contributed by atoms with E-state index in [2.05, 4.69) is 30.4 Å². The van der Waals surface area contributed by atoms with E-state index in [4.69, 9.17) is 11.6 Å². The Balaban J connectivity index is 1.64. The van der Waals surface area contributed by atoms with Gasteiger partial charge in [0, 0.05) is 18.3 Å². The molecule has 32 heavy (non-hydrogen) atoms. The number of hydrogen-bond acceptors (Lipinski definition) is 6. The molecule has 1 aliphatic rings. The summed E-state index contributed by atoms with van der Waals surface area (Å²) in [5.41, 5.74) is -0.632. The molecule has 164 valence electrons. The van der Waals surface area contributed by atoms with Gasteiger partial charge in [-0.15, -0.1) is 20.4 Å². The summed E-state index contributed by atoms with van der Waals surface area (Å²) in [7, 11) is 0. The van der Waals surface area contributed by atoms with Crippen molar-refractivity contribution in [1.29, 1.82) is 0 Å². The van der Waals surface area contributed by atoms with Gasteiger partial charge in [-0.25, -0.2) is 14.4 Å². The molecule has 0 aliphatic carbocycles. The molecule has 1 aromatic carbocycles. The maximum atomic E-state index is 13.3. The second kappa shape index (κ2) is 7.33. The van der Waals surface area contributed by atoms with Gasteiger partial charge in [0.25, 0.3) is 0 Å². The molecule has 0 saturated carbocycles. The highest BCUT2D eigenvalue weighted by molar-refractivity contribution is 6.34. The third-order valence-corrected chi connectivity index (χ3v) is 5.54. The summed E-state index contributed by atoms with van der Waals surface area (Å²) in [5.74, 6) is 1.38. The Hall–Kier alpha value is -3.41. The van der Waals surface area contributed by atoms with Crippen LogP contribution in [0, 0.1) is 0 Å². The maximum absolute atomic E-state index is 13.3. The van der Waals surface area contributed by atoms with E-state index < -0.39 is 23.4 Å². The Morgan fingerprint density at radius 1 is 1.03 bits per heavy atom. The third-order valence-electron chi connectivity index (χ3n) is 5.13. The maximum Gasteiger partial charge on any atom is 0.417 e. The van der Waals surface area contributed by atoms with E-state index in [1.54, 1.807) is 9.13 Å². The molecule has 0 unspecified atom stereocenters. The smallest absolute Gasteiger partial charge is 0.300 e. The van der Waals surface area contributed by atoms with Gasteiger partial charge in [-0.1, -0.05) is 17.7 Å². The second-order valence-electron chi connectivity index (χ2n) is 7.19. The first kappa shape index (κ1) is 20.5. The summed E-state index contributed by atoms with van der Waals surface area (Å²) >= 11 is 6.11. The number of hydrogen-bond donors (Lipinski definition) is 0. The van der Waals surface area contributed by atoms with E-state index in [1.165, 1.54) is 24.4 Å². The Morgan fingerprint density at radius 2 is 1.75 bits per heavy atom. The zero-order valence-electron chi connectivity index (χ0n) is 16.3. The number of rotatable bonds is 3. The van der Waals surface area contributed by atoms with Gasteiger partial charge in [0.1, 0.15) is 6.67 Å². The Bertz CT molecular complexity index is 1330. The van der Waals surface area contributed by atoms with Crippen molar-refractivity contribution in [2.45, 2.75) is 32.4 Å². The molecule has 5 rings (SSSR count). The fourth-order valence-electron chi connectivity index (χ4n) is 3.70. The predicted octanol–water partition coefficient (Wildman–Crippen LogP) is 4.38. The van der Waals surface area contributed by atoms with Crippen LogP contribution >= 0.6 is 11.6 Å². The van der Waals surface area contributed by atoms with Crippen molar-refractivity contribution in [3.8, 4) is 34.7 Å². The fraction of sp³-hybridized carbons (Fsp3) is 0.263. The number of benzene rings is 1. The van der Waals surface area contributed by atoms with E-state index >= 15 is 0 Å². The lowest BCUT2D eigenvalue weighted by Crippen LogP contribution is -2.23. The summed E-state index contributed by atoms with van der Waals surface area (Å²) in [6, 6.07) is 4.82. The average Bonchev–Trinajstić information content (AvgIpc) is 3.38. The second-order valence-corrected chi connectivity index (χ2v) is 7.57. The zero-order chi connectivity index (χ0) is 22.6. The van der Waals surface area contributed by atoms with Crippen molar-refractivity contribution in [1.82, 2.24) is 39.5 Å². The average molecular weight is 465 g/mol. The van der Waals surface area contributed by atoms with Crippen LogP contribution < -0.4 is 0 Å². The van der Waals surface area contributed by atoms with Crippen LogP contribution in [0.2, 0.25) is 5.02 Å². The fourth-order valence-corrected chi connectivity index (χ4v) is 4.02. The number of aromatic nitrogens is 8. The molecule has 1 atom stereocenters. The van der Waals surface area contributed by atoms with Crippen molar-refractivity contribution in [3.05, 3.63) is 46.7 Å². The highest BCUT2D eigenvalue weighted by atomic mass is 35.5. The molecule has 13 heteroatoms. The minimum atomic E-state index is -4.60. The van der Waals surface area contributed by atoms with Crippen LogP contribution in [-0.2, 0) is 19.4 Å². The molecular weight excluding hydrogens is 452 g/mol. The van der Waals surface area contributed by atoms with E-state index in [1.807, 2.05) is 6.92 Å². The number of alkyl halides is 4. The molecule has 0 N–H and O–H groups in total. The van der Waals surface area contributed by atoms with Crippen LogP contribution in [0.1, 0.15) is 24.2 Å². The van der Waals surface area contributed by atoms with Crippen LogP contribution in [-0.4, -0.2) is 39.5 Å². The first-order chi connectivity index (χ1) is 15.3. The van der Waals surface area contributed by atoms with E-state index in [9.17, 15) is 17.6 Å². The predicted molar refractivity (Wildman–Crippen MR) is 105 cm³/mol. The molecule has 0 amide bonds. The van der Waals surface area contributed by atoms with Gasteiger partial charge in [-0.05, 0) is 25.1 Å². The lowest BCUT2D eigenvalue weighted by molar-refractivity contribution is -0.137. The third kappa shape index (κ3) is 3.13. The van der Waals surface area contributed by atoms with Crippen molar-refractivity contribution in [2.24, 2.45) is 0 Å². The largest absolute Gasteiger partial charge is 0.417 e. The van der Waals surface area contributed by atoms with Gasteiger partial charge in [-0.3, -0.25) is 9.13 Å². The normalized spacial score (nSPS) is 15.5. The van der Waals surface area contributed by atoms with Crippen molar-refractivity contribution in [3.63, 3.8) is 0 Å². The van der Waals surface area contributed by atoms with E-state index in [0.29, 0.717) is 24.0 Å². The summed E-state index contributed by atoms with van der Waals surface area (Å²) in [4.78, 5) is 8.29. The van der Waals surface area contributed by atoms with E-state index in [0.717, 1.165) is 6.07 Å². The molecule has 0 radical (unpaired) electrons. The van der Waals surface area contributed by atoms with Crippen LogP contribution in [0.3, 0.4) is 0 Å². The molecule has 1 aliphatic heterocycles. The monoisotopic (exact) mass is 464 g/mol.